The van der Waals surface area contributed by atoms with Crippen LogP contribution in [0.25, 0.3) is 0 Å². The van der Waals surface area contributed by atoms with Gasteiger partial charge in [0.25, 0.3) is 0 Å². The summed E-state index contributed by atoms with van der Waals surface area (Å²) in [5.74, 6) is 1.14. The predicted octanol–water partition coefficient (Wildman–Crippen LogP) is 1.96. The molecule has 21 heavy (non-hydrogen) atoms. The number of carbonyl (C=O) groups is 1. The molecule has 0 saturated carbocycles. The van der Waals surface area contributed by atoms with Gasteiger partial charge in [0.1, 0.15) is 5.82 Å². The van der Waals surface area contributed by atoms with Crippen LogP contribution in [0, 0.1) is 0 Å². The fraction of sp³-hybridized carbons (Fsp3) is 0.625. The number of aromatic nitrogens is 1. The number of pyridine rings is 1. The highest BCUT2D eigenvalue weighted by Gasteiger charge is 2.16. The average Bonchev–Trinajstić information content (AvgIpc) is 2.71. The van der Waals surface area contributed by atoms with Crippen LogP contribution in [0.3, 0.4) is 0 Å². The predicted molar refractivity (Wildman–Crippen MR) is 85.2 cm³/mol. The van der Waals surface area contributed by atoms with Gasteiger partial charge in [0.2, 0.25) is 5.91 Å². The van der Waals surface area contributed by atoms with Crippen molar-refractivity contribution >= 4 is 11.7 Å². The minimum atomic E-state index is 0.187. The molecule has 0 aromatic carbocycles. The molecule has 116 valence electrons. The molecular weight excluding hydrogens is 264 g/mol. The van der Waals surface area contributed by atoms with E-state index in [0.29, 0.717) is 0 Å². The van der Waals surface area contributed by atoms with Crippen molar-refractivity contribution in [1.29, 1.82) is 0 Å². The van der Waals surface area contributed by atoms with E-state index in [1.807, 2.05) is 11.1 Å². The molecule has 1 aromatic rings. The minimum Gasteiger partial charge on any atom is -0.370 e. The van der Waals surface area contributed by atoms with Gasteiger partial charge in [-0.2, -0.15) is 0 Å². The maximum atomic E-state index is 11.5. The van der Waals surface area contributed by atoms with Crippen molar-refractivity contribution in [2.24, 2.45) is 0 Å². The summed E-state index contributed by atoms with van der Waals surface area (Å²) >= 11 is 0. The van der Waals surface area contributed by atoms with E-state index in [-0.39, 0.29) is 5.91 Å². The van der Waals surface area contributed by atoms with Crippen LogP contribution in [-0.4, -0.2) is 53.4 Å². The van der Waals surface area contributed by atoms with Crippen LogP contribution in [0.2, 0.25) is 0 Å². The SMILES string of the molecule is CCCNc1cc(CN2CCCN(C(C)=O)CC2)ccn1. The van der Waals surface area contributed by atoms with Crippen molar-refractivity contribution in [3.05, 3.63) is 23.9 Å². The zero-order valence-electron chi connectivity index (χ0n) is 13.1. The summed E-state index contributed by atoms with van der Waals surface area (Å²) in [6, 6.07) is 4.20. The summed E-state index contributed by atoms with van der Waals surface area (Å²) in [4.78, 5) is 20.2. The van der Waals surface area contributed by atoms with E-state index in [1.165, 1.54) is 5.56 Å². The van der Waals surface area contributed by atoms with E-state index in [0.717, 1.165) is 57.9 Å². The first-order valence-corrected chi connectivity index (χ1v) is 7.85. The number of nitrogens with one attached hydrogen (secondary N) is 1. The largest absolute Gasteiger partial charge is 0.370 e. The average molecular weight is 290 g/mol. The molecule has 0 aliphatic carbocycles. The van der Waals surface area contributed by atoms with Crippen LogP contribution in [0.15, 0.2) is 18.3 Å². The van der Waals surface area contributed by atoms with Gasteiger partial charge in [-0.1, -0.05) is 6.92 Å². The normalized spacial score (nSPS) is 16.6. The van der Waals surface area contributed by atoms with Gasteiger partial charge < -0.3 is 10.2 Å². The molecule has 1 aromatic heterocycles. The van der Waals surface area contributed by atoms with Crippen LogP contribution in [0.5, 0.6) is 0 Å². The Labute approximate surface area is 127 Å². The maximum absolute atomic E-state index is 11.5. The van der Waals surface area contributed by atoms with Crippen LogP contribution in [-0.2, 0) is 11.3 Å². The Kier molecular flexibility index (Phi) is 5.99. The lowest BCUT2D eigenvalue weighted by molar-refractivity contribution is -0.128. The lowest BCUT2D eigenvalue weighted by Gasteiger charge is -2.21. The van der Waals surface area contributed by atoms with E-state index in [9.17, 15) is 4.79 Å². The second-order valence-corrected chi connectivity index (χ2v) is 5.61. The van der Waals surface area contributed by atoms with Crippen LogP contribution in [0.1, 0.15) is 32.3 Å². The highest BCUT2D eigenvalue weighted by Crippen LogP contribution is 2.12. The van der Waals surface area contributed by atoms with Crippen LogP contribution < -0.4 is 5.32 Å². The van der Waals surface area contributed by atoms with Crippen LogP contribution >= 0.6 is 0 Å². The molecule has 1 aliphatic rings. The van der Waals surface area contributed by atoms with Gasteiger partial charge in [0.15, 0.2) is 0 Å². The number of rotatable bonds is 5. The molecule has 0 unspecified atom stereocenters. The van der Waals surface area contributed by atoms with Crippen LogP contribution in [0.4, 0.5) is 5.82 Å². The van der Waals surface area contributed by atoms with Gasteiger partial charge in [-0.25, -0.2) is 4.98 Å². The molecular formula is C16H26N4O. The van der Waals surface area contributed by atoms with Gasteiger partial charge in [-0.3, -0.25) is 9.69 Å². The van der Waals surface area contributed by atoms with Gasteiger partial charge in [0.05, 0.1) is 0 Å². The summed E-state index contributed by atoms with van der Waals surface area (Å²) in [5.41, 5.74) is 1.28. The molecule has 1 aliphatic heterocycles. The zero-order chi connectivity index (χ0) is 15.1. The summed E-state index contributed by atoms with van der Waals surface area (Å²) < 4.78 is 0. The number of hydrogen-bond donors (Lipinski definition) is 1. The third kappa shape index (κ3) is 5.01. The number of amides is 1. The van der Waals surface area contributed by atoms with E-state index in [1.54, 1.807) is 6.92 Å². The lowest BCUT2D eigenvalue weighted by atomic mass is 10.2. The number of carbonyl (C=O) groups excluding carboxylic acids is 1. The Morgan fingerprint density at radius 1 is 1.33 bits per heavy atom. The van der Waals surface area contributed by atoms with Crippen molar-refractivity contribution in [2.45, 2.75) is 33.2 Å². The Morgan fingerprint density at radius 3 is 2.95 bits per heavy atom. The number of nitrogens with zero attached hydrogens (tertiary/aromatic N) is 3. The molecule has 5 nitrogen and oxygen atoms in total. The van der Waals surface area contributed by atoms with Crippen molar-refractivity contribution in [2.75, 3.05) is 38.0 Å². The fourth-order valence-corrected chi connectivity index (χ4v) is 2.62. The first-order valence-electron chi connectivity index (χ1n) is 7.85. The maximum Gasteiger partial charge on any atom is 0.219 e. The molecule has 2 heterocycles. The second-order valence-electron chi connectivity index (χ2n) is 5.61. The summed E-state index contributed by atoms with van der Waals surface area (Å²) in [6.45, 7) is 9.39. The Bertz CT molecular complexity index is 463. The van der Waals surface area contributed by atoms with Gasteiger partial charge >= 0.3 is 0 Å². The van der Waals surface area contributed by atoms with E-state index < -0.39 is 0 Å². The van der Waals surface area contributed by atoms with Gasteiger partial charge in [0, 0.05) is 52.4 Å². The zero-order valence-corrected chi connectivity index (χ0v) is 13.1. The standard InChI is InChI=1S/C16H26N4O/c1-3-6-17-16-12-15(5-7-18-16)13-19-8-4-9-20(11-10-19)14(2)21/h5,7,12H,3-4,6,8-11,13H2,1-2H3,(H,17,18). The topological polar surface area (TPSA) is 48.5 Å². The minimum absolute atomic E-state index is 0.187. The molecule has 0 atom stereocenters. The molecule has 1 amide bonds. The summed E-state index contributed by atoms with van der Waals surface area (Å²) in [7, 11) is 0. The van der Waals surface area contributed by atoms with E-state index in [4.69, 9.17) is 0 Å². The van der Waals surface area contributed by atoms with Gasteiger partial charge in [-0.05, 0) is 30.5 Å². The second kappa shape index (κ2) is 7.98. The molecule has 0 bridgehead atoms. The molecule has 0 radical (unpaired) electrons. The molecule has 1 N–H and O–H groups in total. The Balaban J connectivity index is 1.90. The third-order valence-corrected chi connectivity index (χ3v) is 3.82. The van der Waals surface area contributed by atoms with E-state index in [2.05, 4.69) is 34.3 Å². The monoisotopic (exact) mass is 290 g/mol. The lowest BCUT2D eigenvalue weighted by Crippen LogP contribution is -2.33. The van der Waals surface area contributed by atoms with E-state index >= 15 is 0 Å². The van der Waals surface area contributed by atoms with Crippen molar-refractivity contribution in [1.82, 2.24) is 14.8 Å². The smallest absolute Gasteiger partial charge is 0.219 e. The first-order chi connectivity index (χ1) is 10.2. The van der Waals surface area contributed by atoms with Crippen molar-refractivity contribution in [3.63, 3.8) is 0 Å². The molecule has 2 rings (SSSR count). The summed E-state index contributed by atoms with van der Waals surface area (Å²) in [6.07, 6.45) is 4.01. The van der Waals surface area contributed by atoms with Crippen molar-refractivity contribution < 1.29 is 4.79 Å². The molecule has 5 heteroatoms. The van der Waals surface area contributed by atoms with Crippen molar-refractivity contribution in [3.8, 4) is 0 Å². The molecule has 0 spiro atoms. The summed E-state index contributed by atoms with van der Waals surface area (Å²) in [5, 5.41) is 3.32. The highest BCUT2D eigenvalue weighted by atomic mass is 16.2. The number of anilines is 1. The highest BCUT2D eigenvalue weighted by molar-refractivity contribution is 5.73. The fourth-order valence-electron chi connectivity index (χ4n) is 2.62. The van der Waals surface area contributed by atoms with Gasteiger partial charge in [-0.15, -0.1) is 0 Å². The molecule has 1 fully saturated rings. The third-order valence-electron chi connectivity index (χ3n) is 3.82. The Morgan fingerprint density at radius 2 is 2.19 bits per heavy atom. The number of hydrogen-bond acceptors (Lipinski definition) is 4. The Hall–Kier alpha value is -1.62. The first kappa shape index (κ1) is 15.8. The molecule has 1 saturated heterocycles. The quantitative estimate of drug-likeness (QED) is 0.900.